The van der Waals surface area contributed by atoms with Crippen LogP contribution in [0.4, 0.5) is 24.5 Å². The van der Waals surface area contributed by atoms with Gasteiger partial charge in [-0.3, -0.25) is 4.79 Å². The number of rotatable bonds is 4. The van der Waals surface area contributed by atoms with Crippen molar-refractivity contribution in [2.45, 2.75) is 32.4 Å². The molecule has 0 saturated carbocycles. The van der Waals surface area contributed by atoms with Crippen LogP contribution < -0.4 is 10.2 Å². The van der Waals surface area contributed by atoms with Crippen LogP contribution in [0.1, 0.15) is 40.9 Å². The van der Waals surface area contributed by atoms with Crippen molar-refractivity contribution in [3.63, 3.8) is 0 Å². The first-order chi connectivity index (χ1) is 14.8. The third-order valence-corrected chi connectivity index (χ3v) is 5.41. The van der Waals surface area contributed by atoms with Gasteiger partial charge in [0, 0.05) is 24.5 Å². The topological polar surface area (TPSA) is 50.2 Å². The van der Waals surface area contributed by atoms with E-state index in [1.165, 1.54) is 6.42 Å². The molecule has 0 radical (unpaired) electrons. The zero-order chi connectivity index (χ0) is 22.0. The molecule has 3 aromatic rings. The maximum absolute atomic E-state index is 13.8. The van der Waals surface area contributed by atoms with Gasteiger partial charge >= 0.3 is 6.18 Å². The predicted molar refractivity (Wildman–Crippen MR) is 114 cm³/mol. The highest BCUT2D eigenvalue weighted by molar-refractivity contribution is 6.05. The van der Waals surface area contributed by atoms with Gasteiger partial charge < -0.3 is 10.2 Å². The number of hydrogen-bond donors (Lipinski definition) is 1. The Morgan fingerprint density at radius 2 is 1.55 bits per heavy atom. The highest BCUT2D eigenvalue weighted by Gasteiger charge is 2.40. The molecule has 31 heavy (non-hydrogen) atoms. The van der Waals surface area contributed by atoms with E-state index in [0.717, 1.165) is 48.1 Å². The lowest BCUT2D eigenvalue weighted by atomic mass is 10.1. The summed E-state index contributed by atoms with van der Waals surface area (Å²) in [4.78, 5) is 15.0. The summed E-state index contributed by atoms with van der Waals surface area (Å²) < 4.78 is 42.2. The molecule has 1 aliphatic heterocycles. The van der Waals surface area contributed by atoms with Crippen LogP contribution in [-0.4, -0.2) is 28.8 Å². The second kappa shape index (κ2) is 8.45. The Kier molecular flexibility index (Phi) is 5.71. The van der Waals surface area contributed by atoms with Crippen molar-refractivity contribution in [3.05, 3.63) is 71.5 Å². The lowest BCUT2D eigenvalue weighted by Gasteiger charge is -2.28. The molecule has 5 nitrogen and oxygen atoms in total. The summed E-state index contributed by atoms with van der Waals surface area (Å²) in [7, 11) is 0. The molecule has 0 aliphatic carbocycles. The second-order valence-electron chi connectivity index (χ2n) is 7.70. The van der Waals surface area contributed by atoms with Crippen molar-refractivity contribution in [2.24, 2.45) is 0 Å². The molecule has 0 atom stereocenters. The minimum absolute atomic E-state index is 0.239. The van der Waals surface area contributed by atoms with Crippen molar-refractivity contribution in [2.75, 3.05) is 23.3 Å². The Hall–Kier alpha value is -3.29. The maximum Gasteiger partial charge on any atom is 0.434 e. The van der Waals surface area contributed by atoms with Gasteiger partial charge in [0.25, 0.3) is 5.91 Å². The van der Waals surface area contributed by atoms with E-state index in [-0.39, 0.29) is 5.69 Å². The lowest BCUT2D eigenvalue weighted by molar-refractivity contribution is -0.143. The highest BCUT2D eigenvalue weighted by Crippen LogP contribution is 2.34. The number of nitrogens with zero attached hydrogens (tertiary/aromatic N) is 3. The van der Waals surface area contributed by atoms with Crippen LogP contribution in [0.25, 0.3) is 5.69 Å². The van der Waals surface area contributed by atoms with Gasteiger partial charge in [-0.25, -0.2) is 4.68 Å². The van der Waals surface area contributed by atoms with E-state index in [2.05, 4.69) is 15.3 Å². The smallest absolute Gasteiger partial charge is 0.372 e. The van der Waals surface area contributed by atoms with E-state index in [9.17, 15) is 18.0 Å². The Bertz CT molecular complexity index is 1050. The van der Waals surface area contributed by atoms with Crippen LogP contribution in [0.5, 0.6) is 0 Å². The molecule has 2 heterocycles. The number of benzene rings is 2. The molecule has 1 amide bonds. The monoisotopic (exact) mass is 428 g/mol. The number of piperidine rings is 1. The maximum atomic E-state index is 13.8. The fourth-order valence-corrected chi connectivity index (χ4v) is 3.78. The first-order valence-corrected chi connectivity index (χ1v) is 10.2. The second-order valence-corrected chi connectivity index (χ2v) is 7.70. The molecule has 0 unspecified atom stereocenters. The Labute approximate surface area is 178 Å². The fraction of sp³-hybridized carbons (Fsp3) is 0.304. The summed E-state index contributed by atoms with van der Waals surface area (Å²) in [6, 6.07) is 13.6. The summed E-state index contributed by atoms with van der Waals surface area (Å²) in [5.41, 5.74) is 1.01. The number of aromatic nitrogens is 2. The third kappa shape index (κ3) is 4.57. The van der Waals surface area contributed by atoms with E-state index in [0.29, 0.717) is 5.69 Å². The SMILES string of the molecule is Cc1ccc(-n2ncc(C(=O)Nc3ccc(N4CCCCC4)cc3)c2C(F)(F)F)cc1. The van der Waals surface area contributed by atoms with Crippen LogP contribution >= 0.6 is 0 Å². The number of amides is 1. The average molecular weight is 428 g/mol. The summed E-state index contributed by atoms with van der Waals surface area (Å²) in [5.74, 6) is -0.851. The van der Waals surface area contributed by atoms with E-state index in [1.54, 1.807) is 36.4 Å². The normalized spacial score (nSPS) is 14.5. The van der Waals surface area contributed by atoms with Gasteiger partial charge in [0.2, 0.25) is 0 Å². The van der Waals surface area contributed by atoms with Gasteiger partial charge in [0.1, 0.15) is 0 Å². The predicted octanol–water partition coefficient (Wildman–Crippen LogP) is 5.44. The quantitative estimate of drug-likeness (QED) is 0.602. The molecule has 162 valence electrons. The Balaban J connectivity index is 1.57. The van der Waals surface area contributed by atoms with Gasteiger partial charge in [0.05, 0.1) is 17.4 Å². The van der Waals surface area contributed by atoms with E-state index in [1.807, 2.05) is 19.1 Å². The number of halogens is 3. The number of carbonyl (C=O) groups is 1. The molecule has 1 fully saturated rings. The van der Waals surface area contributed by atoms with E-state index in [4.69, 9.17) is 0 Å². The molecular formula is C23H23F3N4O. The van der Waals surface area contributed by atoms with Crippen LogP contribution in [0.15, 0.2) is 54.7 Å². The molecule has 1 N–H and O–H groups in total. The Morgan fingerprint density at radius 1 is 0.935 bits per heavy atom. The molecule has 1 aliphatic rings. The van der Waals surface area contributed by atoms with E-state index >= 15 is 0 Å². The van der Waals surface area contributed by atoms with Crippen LogP contribution in [0.2, 0.25) is 0 Å². The first-order valence-electron chi connectivity index (χ1n) is 10.2. The Morgan fingerprint density at radius 3 is 2.16 bits per heavy atom. The molecule has 4 rings (SSSR count). The van der Waals surface area contributed by atoms with Crippen molar-refractivity contribution >= 4 is 17.3 Å². The van der Waals surface area contributed by atoms with Crippen molar-refractivity contribution in [3.8, 4) is 5.69 Å². The third-order valence-electron chi connectivity index (χ3n) is 5.41. The first kappa shape index (κ1) is 21.0. The van der Waals surface area contributed by atoms with Crippen molar-refractivity contribution < 1.29 is 18.0 Å². The molecule has 8 heteroatoms. The zero-order valence-electron chi connectivity index (χ0n) is 17.1. The summed E-state index contributed by atoms with van der Waals surface area (Å²) in [6.07, 6.45) is -0.276. The fourth-order valence-electron chi connectivity index (χ4n) is 3.78. The summed E-state index contributed by atoms with van der Waals surface area (Å²) in [5, 5.41) is 6.41. The van der Waals surface area contributed by atoms with Crippen LogP contribution in [-0.2, 0) is 6.18 Å². The molecule has 2 aromatic carbocycles. The number of carbonyl (C=O) groups excluding carboxylic acids is 1. The van der Waals surface area contributed by atoms with Crippen molar-refractivity contribution in [1.29, 1.82) is 0 Å². The zero-order valence-corrected chi connectivity index (χ0v) is 17.1. The molecule has 0 spiro atoms. The largest absolute Gasteiger partial charge is 0.434 e. The number of alkyl halides is 3. The molecule has 0 bridgehead atoms. The van der Waals surface area contributed by atoms with Gasteiger partial charge in [-0.2, -0.15) is 18.3 Å². The number of anilines is 2. The number of hydrogen-bond acceptors (Lipinski definition) is 3. The van der Waals surface area contributed by atoms with E-state index < -0.39 is 23.3 Å². The standard InChI is InChI=1S/C23H23F3N4O/c1-16-5-9-19(10-6-16)30-21(23(24,25)26)20(15-27-30)22(31)28-17-7-11-18(12-8-17)29-13-3-2-4-14-29/h5-12,15H,2-4,13-14H2,1H3,(H,28,31). The highest BCUT2D eigenvalue weighted by atomic mass is 19.4. The van der Waals surface area contributed by atoms with Crippen LogP contribution in [0, 0.1) is 6.92 Å². The summed E-state index contributed by atoms with van der Waals surface area (Å²) in [6.45, 7) is 3.81. The molecular weight excluding hydrogens is 405 g/mol. The van der Waals surface area contributed by atoms with Gasteiger partial charge in [-0.05, 0) is 62.6 Å². The molecule has 1 saturated heterocycles. The van der Waals surface area contributed by atoms with Crippen LogP contribution in [0.3, 0.4) is 0 Å². The minimum Gasteiger partial charge on any atom is -0.372 e. The number of nitrogens with one attached hydrogen (secondary N) is 1. The molecule has 1 aromatic heterocycles. The van der Waals surface area contributed by atoms with Gasteiger partial charge in [-0.1, -0.05) is 17.7 Å². The van der Waals surface area contributed by atoms with Crippen molar-refractivity contribution in [1.82, 2.24) is 9.78 Å². The summed E-state index contributed by atoms with van der Waals surface area (Å²) >= 11 is 0. The van der Waals surface area contributed by atoms with Gasteiger partial charge in [-0.15, -0.1) is 0 Å². The van der Waals surface area contributed by atoms with Gasteiger partial charge in [0.15, 0.2) is 5.69 Å². The lowest BCUT2D eigenvalue weighted by Crippen LogP contribution is -2.29. The number of aryl methyl sites for hydroxylation is 1. The average Bonchev–Trinajstić information content (AvgIpc) is 3.21. The minimum atomic E-state index is -4.74.